The Morgan fingerprint density at radius 2 is 2.04 bits per heavy atom. The summed E-state index contributed by atoms with van der Waals surface area (Å²) < 4.78 is 6.86. The molecule has 0 saturated carbocycles. The predicted octanol–water partition coefficient (Wildman–Crippen LogP) is -3.06. The van der Waals surface area contributed by atoms with Crippen LogP contribution in [0.3, 0.4) is 0 Å². The number of aryl methyl sites for hydroxylation is 1. The molecule has 130 valence electrons. The second kappa shape index (κ2) is 6.28. The minimum Gasteiger partial charge on any atom is -0.394 e. The minimum atomic E-state index is -1.42. The van der Waals surface area contributed by atoms with E-state index in [1.165, 1.54) is 4.68 Å². The number of hydrogen-bond donors (Lipinski definition) is 5. The van der Waals surface area contributed by atoms with Gasteiger partial charge in [-0.2, -0.15) is 0 Å². The fourth-order valence-electron chi connectivity index (χ4n) is 2.78. The number of aromatic amines is 2. The van der Waals surface area contributed by atoms with Gasteiger partial charge >= 0.3 is 5.69 Å². The van der Waals surface area contributed by atoms with E-state index in [0.29, 0.717) is 5.69 Å². The van der Waals surface area contributed by atoms with Gasteiger partial charge in [-0.3, -0.25) is 14.5 Å². The van der Waals surface area contributed by atoms with Crippen LogP contribution in [0.5, 0.6) is 0 Å². The summed E-state index contributed by atoms with van der Waals surface area (Å²) in [6.07, 6.45) is -3.30. The fourth-order valence-corrected chi connectivity index (χ4v) is 2.78. The smallest absolute Gasteiger partial charge is 0.325 e. The van der Waals surface area contributed by atoms with Crippen LogP contribution in [0.4, 0.5) is 0 Å². The monoisotopic (exact) mass is 339 g/mol. The molecule has 1 aliphatic heterocycles. The van der Waals surface area contributed by atoms with Crippen LogP contribution in [0.2, 0.25) is 0 Å². The Morgan fingerprint density at radius 1 is 1.29 bits per heavy atom. The standard InChI is InChI=1S/C13H17N5O6/c1-18-3-5(16-17-18)2-6-8(12(22)15-13(23)14-6)11-10(21)9(20)7(4-19)24-11/h3,7,9-11,19-21H,2,4H2,1H3,(H2,14,15,22,23). The van der Waals surface area contributed by atoms with Gasteiger partial charge in [0.05, 0.1) is 17.9 Å². The van der Waals surface area contributed by atoms with E-state index >= 15 is 0 Å². The number of nitrogens with zero attached hydrogens (tertiary/aromatic N) is 3. The average molecular weight is 339 g/mol. The molecule has 11 heteroatoms. The lowest BCUT2D eigenvalue weighted by molar-refractivity contribution is -0.0235. The lowest BCUT2D eigenvalue weighted by Crippen LogP contribution is -2.35. The van der Waals surface area contributed by atoms with Gasteiger partial charge in [0.15, 0.2) is 0 Å². The molecule has 5 N–H and O–H groups in total. The van der Waals surface area contributed by atoms with E-state index in [0.717, 1.165) is 0 Å². The summed E-state index contributed by atoms with van der Waals surface area (Å²) in [5.41, 5.74) is -0.796. The third-order valence-electron chi connectivity index (χ3n) is 3.90. The van der Waals surface area contributed by atoms with Crippen molar-refractivity contribution in [2.24, 2.45) is 7.05 Å². The van der Waals surface area contributed by atoms with Gasteiger partial charge in [0.2, 0.25) is 0 Å². The van der Waals surface area contributed by atoms with Crippen molar-refractivity contribution in [3.8, 4) is 0 Å². The Morgan fingerprint density at radius 3 is 2.62 bits per heavy atom. The summed E-state index contributed by atoms with van der Waals surface area (Å²) in [5.74, 6) is 0. The van der Waals surface area contributed by atoms with Gasteiger partial charge in [0.1, 0.15) is 24.4 Å². The minimum absolute atomic E-state index is 0.0252. The zero-order valence-corrected chi connectivity index (χ0v) is 12.7. The molecule has 0 aromatic carbocycles. The number of nitrogens with one attached hydrogen (secondary N) is 2. The summed E-state index contributed by atoms with van der Waals surface area (Å²) >= 11 is 0. The summed E-state index contributed by atoms with van der Waals surface area (Å²) in [7, 11) is 1.67. The number of ether oxygens (including phenoxy) is 1. The molecule has 11 nitrogen and oxygen atoms in total. The number of aromatic nitrogens is 5. The zero-order chi connectivity index (χ0) is 17.4. The molecule has 4 unspecified atom stereocenters. The van der Waals surface area contributed by atoms with Crippen molar-refractivity contribution in [1.29, 1.82) is 0 Å². The molecule has 24 heavy (non-hydrogen) atoms. The molecular formula is C13H17N5O6. The van der Waals surface area contributed by atoms with E-state index in [4.69, 9.17) is 4.74 Å². The Bertz CT molecular complexity index is 842. The van der Waals surface area contributed by atoms with Gasteiger partial charge in [0.25, 0.3) is 5.56 Å². The van der Waals surface area contributed by atoms with Gasteiger partial charge in [-0.15, -0.1) is 5.10 Å². The third kappa shape index (κ3) is 2.89. The Hall–Kier alpha value is -2.34. The number of rotatable bonds is 4. The van der Waals surface area contributed by atoms with Crippen molar-refractivity contribution >= 4 is 0 Å². The molecule has 0 aliphatic carbocycles. The Labute approximate surface area is 134 Å². The van der Waals surface area contributed by atoms with E-state index in [9.17, 15) is 24.9 Å². The lowest BCUT2D eigenvalue weighted by atomic mass is 9.99. The van der Waals surface area contributed by atoms with Crippen molar-refractivity contribution in [2.75, 3.05) is 6.61 Å². The van der Waals surface area contributed by atoms with Crippen LogP contribution in [-0.2, 0) is 18.2 Å². The maximum absolute atomic E-state index is 12.2. The first-order valence-corrected chi connectivity index (χ1v) is 7.23. The predicted molar refractivity (Wildman–Crippen MR) is 78.2 cm³/mol. The molecule has 0 bridgehead atoms. The quantitative estimate of drug-likeness (QED) is 0.391. The van der Waals surface area contributed by atoms with Crippen LogP contribution >= 0.6 is 0 Å². The van der Waals surface area contributed by atoms with E-state index in [1.807, 2.05) is 0 Å². The molecule has 2 aromatic rings. The highest BCUT2D eigenvalue weighted by Crippen LogP contribution is 2.33. The Kier molecular flexibility index (Phi) is 4.32. The molecule has 1 aliphatic rings. The van der Waals surface area contributed by atoms with Crippen molar-refractivity contribution in [1.82, 2.24) is 25.0 Å². The van der Waals surface area contributed by atoms with Crippen LogP contribution < -0.4 is 11.2 Å². The summed E-state index contributed by atoms with van der Waals surface area (Å²) in [4.78, 5) is 28.4. The molecule has 3 heterocycles. The molecule has 1 saturated heterocycles. The van der Waals surface area contributed by atoms with Crippen molar-refractivity contribution in [2.45, 2.75) is 30.8 Å². The summed E-state index contributed by atoms with van der Waals surface area (Å²) in [5, 5.41) is 36.9. The summed E-state index contributed by atoms with van der Waals surface area (Å²) in [6.45, 7) is -0.518. The maximum Gasteiger partial charge on any atom is 0.325 e. The Balaban J connectivity index is 2.04. The SMILES string of the molecule is Cn1cc(Cc2[nH]c(=O)[nH]c(=O)c2C2OC(CO)C(O)C2O)nn1. The van der Waals surface area contributed by atoms with Gasteiger partial charge in [-0.1, -0.05) is 5.21 Å². The molecule has 0 radical (unpaired) electrons. The molecule has 0 amide bonds. The molecule has 0 spiro atoms. The van der Waals surface area contributed by atoms with E-state index in [2.05, 4.69) is 20.3 Å². The largest absolute Gasteiger partial charge is 0.394 e. The third-order valence-corrected chi connectivity index (χ3v) is 3.90. The molecule has 3 rings (SSSR count). The molecule has 1 fully saturated rings. The van der Waals surface area contributed by atoms with E-state index in [1.54, 1.807) is 13.2 Å². The maximum atomic E-state index is 12.2. The van der Waals surface area contributed by atoms with Crippen molar-refractivity contribution in [3.63, 3.8) is 0 Å². The van der Waals surface area contributed by atoms with Gasteiger partial charge < -0.3 is 25.0 Å². The van der Waals surface area contributed by atoms with Gasteiger partial charge in [0, 0.05) is 25.4 Å². The normalized spacial score (nSPS) is 26.8. The second-order valence-corrected chi connectivity index (χ2v) is 5.62. The highest BCUT2D eigenvalue weighted by Gasteiger charge is 2.45. The van der Waals surface area contributed by atoms with Crippen molar-refractivity contribution < 1.29 is 20.1 Å². The first kappa shape index (κ1) is 16.5. The highest BCUT2D eigenvalue weighted by atomic mass is 16.6. The number of hydrogen-bond acceptors (Lipinski definition) is 8. The molecule has 4 atom stereocenters. The second-order valence-electron chi connectivity index (χ2n) is 5.62. The van der Waals surface area contributed by atoms with Crippen LogP contribution in [0.25, 0.3) is 0 Å². The lowest BCUT2D eigenvalue weighted by Gasteiger charge is -2.16. The van der Waals surface area contributed by atoms with Gasteiger partial charge in [-0.25, -0.2) is 4.79 Å². The molecule has 2 aromatic heterocycles. The average Bonchev–Trinajstić information content (AvgIpc) is 3.04. The van der Waals surface area contributed by atoms with Crippen LogP contribution in [-0.4, -0.2) is 65.2 Å². The van der Waals surface area contributed by atoms with Gasteiger partial charge in [-0.05, 0) is 0 Å². The number of aliphatic hydroxyl groups excluding tert-OH is 3. The fraction of sp³-hybridized carbons (Fsp3) is 0.538. The number of aliphatic hydroxyl groups is 3. The first-order valence-electron chi connectivity index (χ1n) is 7.23. The zero-order valence-electron chi connectivity index (χ0n) is 12.7. The summed E-state index contributed by atoms with van der Waals surface area (Å²) in [6, 6.07) is 0. The highest BCUT2D eigenvalue weighted by molar-refractivity contribution is 5.26. The van der Waals surface area contributed by atoms with E-state index in [-0.39, 0.29) is 17.7 Å². The number of H-pyrrole nitrogens is 2. The van der Waals surface area contributed by atoms with E-state index < -0.39 is 42.3 Å². The van der Waals surface area contributed by atoms with Crippen LogP contribution in [0.1, 0.15) is 23.1 Å². The van der Waals surface area contributed by atoms with Crippen LogP contribution in [0.15, 0.2) is 15.8 Å². The topological polar surface area (TPSA) is 166 Å². The first-order chi connectivity index (χ1) is 11.4. The van der Waals surface area contributed by atoms with Crippen molar-refractivity contribution in [3.05, 3.63) is 44.0 Å². The molecular weight excluding hydrogens is 322 g/mol. The van der Waals surface area contributed by atoms with Crippen LogP contribution in [0, 0.1) is 0 Å².